The molecular weight excluding hydrogens is 138 g/mol. The molecule has 1 rings (SSSR count). The zero-order chi connectivity index (χ0) is 8.85. The summed E-state index contributed by atoms with van der Waals surface area (Å²) >= 11 is 0. The number of aryl methyl sites for hydroxylation is 2. The van der Waals surface area contributed by atoms with Crippen LogP contribution in [0.25, 0.3) is 0 Å². The largest absolute Gasteiger partial charge is 0.338 e. The summed E-state index contributed by atoms with van der Waals surface area (Å²) in [6.45, 7) is 7.97. The molecule has 64 valence electrons. The third kappa shape index (κ3) is 2.62. The first-order valence-corrected chi connectivity index (χ1v) is 4.04. The maximum Gasteiger partial charge on any atom is 0.127 e. The van der Waals surface area contributed by atoms with E-state index >= 15 is 0 Å². The minimum absolute atomic E-state index is 0.893. The average Bonchev–Trinajstić information content (AvgIpc) is 2.33. The number of rotatable bonds is 1. The zero-order valence-electron chi connectivity index (χ0n) is 7.76. The molecular formula is C8H17N3. The highest BCUT2D eigenvalue weighted by molar-refractivity contribution is 5.01. The first kappa shape index (κ1) is 10.0. The van der Waals surface area contributed by atoms with Gasteiger partial charge in [0.25, 0.3) is 0 Å². The lowest BCUT2D eigenvalue weighted by Gasteiger charge is -1.93. The molecule has 1 aromatic heterocycles. The third-order valence-corrected chi connectivity index (χ3v) is 1.25. The van der Waals surface area contributed by atoms with Crippen molar-refractivity contribution < 1.29 is 0 Å². The molecule has 0 saturated heterocycles. The fraction of sp³-hybridized carbons (Fsp3) is 0.625. The van der Waals surface area contributed by atoms with Crippen LogP contribution < -0.4 is 5.84 Å². The molecule has 0 fully saturated rings. The normalized spacial score (nSPS) is 8.73. The summed E-state index contributed by atoms with van der Waals surface area (Å²) < 4.78 is 1.56. The minimum atomic E-state index is 0.893. The van der Waals surface area contributed by atoms with Gasteiger partial charge in [0, 0.05) is 12.6 Å². The number of aromatic nitrogens is 2. The van der Waals surface area contributed by atoms with Crippen molar-refractivity contribution in [2.75, 3.05) is 5.84 Å². The van der Waals surface area contributed by atoms with Crippen molar-refractivity contribution in [3.05, 3.63) is 17.7 Å². The first-order chi connectivity index (χ1) is 5.24. The Bertz CT molecular complexity index is 203. The highest BCUT2D eigenvalue weighted by Gasteiger charge is 1.97. The average molecular weight is 155 g/mol. The van der Waals surface area contributed by atoms with Crippen LogP contribution in [-0.2, 0) is 6.42 Å². The molecule has 0 aliphatic rings. The van der Waals surface area contributed by atoms with Crippen LogP contribution in [0.3, 0.4) is 0 Å². The molecule has 0 radical (unpaired) electrons. The Hall–Kier alpha value is -0.990. The molecule has 0 unspecified atom stereocenters. The molecule has 0 amide bonds. The number of hydrogen-bond acceptors (Lipinski definition) is 2. The van der Waals surface area contributed by atoms with Gasteiger partial charge in [0.05, 0.1) is 5.69 Å². The number of nitrogen functional groups attached to an aromatic ring is 1. The van der Waals surface area contributed by atoms with Gasteiger partial charge in [-0.2, -0.15) is 0 Å². The monoisotopic (exact) mass is 155 g/mol. The van der Waals surface area contributed by atoms with E-state index in [4.69, 9.17) is 5.84 Å². The lowest BCUT2D eigenvalue weighted by molar-refractivity contribution is 0.858. The Morgan fingerprint density at radius 3 is 2.27 bits per heavy atom. The number of nitrogens with zero attached hydrogens (tertiary/aromatic N) is 2. The van der Waals surface area contributed by atoms with Crippen LogP contribution >= 0.6 is 0 Å². The van der Waals surface area contributed by atoms with Gasteiger partial charge in [-0.25, -0.2) is 4.98 Å². The molecule has 2 N–H and O–H groups in total. The van der Waals surface area contributed by atoms with E-state index in [1.165, 1.54) is 0 Å². The summed E-state index contributed by atoms with van der Waals surface area (Å²) in [6.07, 6.45) is 2.71. The molecule has 0 atom stereocenters. The van der Waals surface area contributed by atoms with E-state index in [0.717, 1.165) is 17.9 Å². The van der Waals surface area contributed by atoms with E-state index < -0.39 is 0 Å². The van der Waals surface area contributed by atoms with Crippen LogP contribution in [0.1, 0.15) is 32.3 Å². The Morgan fingerprint density at radius 1 is 1.55 bits per heavy atom. The molecule has 0 saturated carbocycles. The fourth-order valence-electron chi connectivity index (χ4n) is 0.828. The predicted octanol–water partition coefficient (Wildman–Crippen LogP) is 1.49. The van der Waals surface area contributed by atoms with Crippen molar-refractivity contribution in [3.63, 3.8) is 0 Å². The minimum Gasteiger partial charge on any atom is -0.338 e. The van der Waals surface area contributed by atoms with E-state index in [1.807, 2.05) is 33.9 Å². The highest BCUT2D eigenvalue weighted by Crippen LogP contribution is 1.97. The molecule has 3 nitrogen and oxygen atoms in total. The molecule has 1 heterocycles. The van der Waals surface area contributed by atoms with Crippen LogP contribution in [0.15, 0.2) is 6.20 Å². The number of imidazole rings is 1. The van der Waals surface area contributed by atoms with Crippen LogP contribution in [0.4, 0.5) is 0 Å². The van der Waals surface area contributed by atoms with Gasteiger partial charge in [0.15, 0.2) is 0 Å². The van der Waals surface area contributed by atoms with Gasteiger partial charge >= 0.3 is 0 Å². The second-order valence-corrected chi connectivity index (χ2v) is 2.06. The maximum atomic E-state index is 5.51. The summed E-state index contributed by atoms with van der Waals surface area (Å²) in [5.41, 5.74) is 0.981. The fourth-order valence-corrected chi connectivity index (χ4v) is 0.828. The molecule has 3 heteroatoms. The van der Waals surface area contributed by atoms with Crippen molar-refractivity contribution in [2.24, 2.45) is 0 Å². The Balaban J connectivity index is 0.000000461. The first-order valence-electron chi connectivity index (χ1n) is 4.04. The van der Waals surface area contributed by atoms with Crippen LogP contribution in [-0.4, -0.2) is 9.66 Å². The third-order valence-electron chi connectivity index (χ3n) is 1.25. The van der Waals surface area contributed by atoms with Crippen molar-refractivity contribution in [1.82, 2.24) is 9.66 Å². The SMILES string of the molecule is CC.CCc1nc(C)cn1N. The van der Waals surface area contributed by atoms with Gasteiger partial charge in [-0.3, -0.25) is 4.68 Å². The Kier molecular flexibility index (Phi) is 4.34. The summed E-state index contributed by atoms with van der Waals surface area (Å²) in [6, 6.07) is 0. The van der Waals surface area contributed by atoms with Gasteiger partial charge in [0.1, 0.15) is 5.82 Å². The van der Waals surface area contributed by atoms with E-state index in [0.29, 0.717) is 0 Å². The lowest BCUT2D eigenvalue weighted by Crippen LogP contribution is -2.10. The molecule has 0 spiro atoms. The highest BCUT2D eigenvalue weighted by atomic mass is 15.3. The molecule has 0 aliphatic carbocycles. The summed E-state index contributed by atoms with van der Waals surface area (Å²) in [7, 11) is 0. The summed E-state index contributed by atoms with van der Waals surface area (Å²) in [5, 5.41) is 0. The number of hydrogen-bond donors (Lipinski definition) is 1. The van der Waals surface area contributed by atoms with Crippen molar-refractivity contribution >= 4 is 0 Å². The van der Waals surface area contributed by atoms with E-state index in [9.17, 15) is 0 Å². The van der Waals surface area contributed by atoms with E-state index in [1.54, 1.807) is 4.68 Å². The zero-order valence-corrected chi connectivity index (χ0v) is 7.76. The van der Waals surface area contributed by atoms with Gasteiger partial charge in [-0.05, 0) is 6.92 Å². The molecule has 1 aromatic rings. The standard InChI is InChI=1S/C6H11N3.C2H6/c1-3-6-8-5(2)4-9(6)7;1-2/h4H,3,7H2,1-2H3;1-2H3. The van der Waals surface area contributed by atoms with Crippen LogP contribution in [0, 0.1) is 6.92 Å². The second kappa shape index (κ2) is 4.77. The smallest absolute Gasteiger partial charge is 0.127 e. The molecule has 11 heavy (non-hydrogen) atoms. The lowest BCUT2D eigenvalue weighted by atomic mass is 10.5. The Morgan fingerprint density at radius 2 is 2.09 bits per heavy atom. The quantitative estimate of drug-likeness (QED) is 0.624. The summed E-state index contributed by atoms with van der Waals surface area (Å²) in [5.74, 6) is 6.44. The maximum absolute atomic E-state index is 5.51. The molecule has 0 aromatic carbocycles. The van der Waals surface area contributed by atoms with Gasteiger partial charge in [-0.1, -0.05) is 20.8 Å². The summed E-state index contributed by atoms with van der Waals surface area (Å²) in [4.78, 5) is 4.17. The van der Waals surface area contributed by atoms with Gasteiger partial charge in [-0.15, -0.1) is 0 Å². The van der Waals surface area contributed by atoms with Crippen LogP contribution in [0.2, 0.25) is 0 Å². The van der Waals surface area contributed by atoms with Crippen LogP contribution in [0.5, 0.6) is 0 Å². The predicted molar refractivity (Wildman–Crippen MR) is 47.8 cm³/mol. The molecule has 0 aliphatic heterocycles. The topological polar surface area (TPSA) is 43.8 Å². The van der Waals surface area contributed by atoms with Gasteiger partial charge < -0.3 is 5.84 Å². The van der Waals surface area contributed by atoms with Crippen molar-refractivity contribution in [3.8, 4) is 0 Å². The Labute approximate surface area is 68.2 Å². The van der Waals surface area contributed by atoms with E-state index in [2.05, 4.69) is 4.98 Å². The van der Waals surface area contributed by atoms with Gasteiger partial charge in [0.2, 0.25) is 0 Å². The van der Waals surface area contributed by atoms with Crippen molar-refractivity contribution in [1.29, 1.82) is 0 Å². The van der Waals surface area contributed by atoms with E-state index in [-0.39, 0.29) is 0 Å². The van der Waals surface area contributed by atoms with Crippen molar-refractivity contribution in [2.45, 2.75) is 34.1 Å². The number of nitrogens with two attached hydrogens (primary N) is 1. The molecule has 0 bridgehead atoms. The second-order valence-electron chi connectivity index (χ2n) is 2.06.